The van der Waals surface area contributed by atoms with E-state index < -0.39 is 5.97 Å². The topological polar surface area (TPSA) is 123 Å². The zero-order valence-electron chi connectivity index (χ0n) is 16.6. The zero-order chi connectivity index (χ0) is 22.0. The number of pyridine rings is 1. The van der Waals surface area contributed by atoms with Gasteiger partial charge in [0, 0.05) is 29.3 Å². The summed E-state index contributed by atoms with van der Waals surface area (Å²) in [7, 11) is 3.06. The smallest absolute Gasteiger partial charge is 0.328 e. The summed E-state index contributed by atoms with van der Waals surface area (Å²) >= 11 is 0. The number of ether oxygens (including phenoxy) is 4. The monoisotopic (exact) mass is 419 g/mol. The van der Waals surface area contributed by atoms with Gasteiger partial charge in [-0.2, -0.15) is 5.26 Å². The van der Waals surface area contributed by atoms with Crippen LogP contribution in [0.5, 0.6) is 23.0 Å². The van der Waals surface area contributed by atoms with Crippen molar-refractivity contribution in [2.75, 3.05) is 26.3 Å². The Labute approximate surface area is 177 Å². The summed E-state index contributed by atoms with van der Waals surface area (Å²) in [5.74, 6) is 0.779. The Hall–Kier alpha value is -4.45. The van der Waals surface area contributed by atoms with E-state index in [0.29, 0.717) is 56.4 Å². The number of fused-ring (bicyclic) bond motifs is 2. The molecule has 4 rings (SSSR count). The van der Waals surface area contributed by atoms with Gasteiger partial charge in [0.2, 0.25) is 6.79 Å². The Kier molecular flexibility index (Phi) is 5.20. The number of nitriles is 1. The van der Waals surface area contributed by atoms with Gasteiger partial charge < -0.3 is 29.4 Å². The molecule has 0 spiro atoms. The third kappa shape index (κ3) is 3.62. The zero-order valence-corrected chi connectivity index (χ0v) is 16.6. The van der Waals surface area contributed by atoms with Crippen molar-refractivity contribution in [3.63, 3.8) is 0 Å². The fourth-order valence-corrected chi connectivity index (χ4v) is 3.28. The highest BCUT2D eigenvalue weighted by molar-refractivity contribution is 5.98. The predicted molar refractivity (Wildman–Crippen MR) is 112 cm³/mol. The fourth-order valence-electron chi connectivity index (χ4n) is 3.28. The van der Waals surface area contributed by atoms with Crippen molar-refractivity contribution in [1.29, 1.82) is 5.26 Å². The third-order valence-electron chi connectivity index (χ3n) is 4.71. The van der Waals surface area contributed by atoms with Gasteiger partial charge in [-0.3, -0.25) is 4.98 Å². The van der Waals surface area contributed by atoms with E-state index >= 15 is 0 Å². The van der Waals surface area contributed by atoms with E-state index in [1.807, 2.05) is 0 Å². The number of carbonyl (C=O) groups is 1. The second-order valence-electron chi connectivity index (χ2n) is 6.45. The molecule has 2 heterocycles. The molecule has 156 valence electrons. The van der Waals surface area contributed by atoms with Crippen molar-refractivity contribution in [2.45, 2.75) is 0 Å². The molecule has 0 aliphatic carbocycles. The fraction of sp³-hybridized carbons (Fsp3) is 0.136. The van der Waals surface area contributed by atoms with E-state index in [4.69, 9.17) is 24.1 Å². The van der Waals surface area contributed by atoms with Gasteiger partial charge in [-0.15, -0.1) is 0 Å². The highest BCUT2D eigenvalue weighted by Gasteiger charge is 2.23. The molecule has 0 amide bonds. The molecule has 0 radical (unpaired) electrons. The molecule has 9 heteroatoms. The molecular weight excluding hydrogens is 402 g/mol. The molecule has 2 N–H and O–H groups in total. The van der Waals surface area contributed by atoms with E-state index in [-0.39, 0.29) is 6.79 Å². The van der Waals surface area contributed by atoms with Crippen molar-refractivity contribution >= 4 is 34.3 Å². The summed E-state index contributed by atoms with van der Waals surface area (Å²) < 4.78 is 21.9. The van der Waals surface area contributed by atoms with Crippen LogP contribution in [-0.4, -0.2) is 37.1 Å². The lowest BCUT2D eigenvalue weighted by atomic mass is 10.1. The van der Waals surface area contributed by atoms with Crippen molar-refractivity contribution < 1.29 is 28.8 Å². The number of anilines is 2. The molecule has 1 aromatic heterocycles. The van der Waals surface area contributed by atoms with E-state index in [1.165, 1.54) is 26.5 Å². The molecule has 0 unspecified atom stereocenters. The standard InChI is InChI=1S/C22H17N3O6/c1-28-17-7-14-16(8-18(17)29-2)24-10-13(9-23)20(14)25-15-5-3-12(4-6-19(26)27)21-22(15)31-11-30-21/h3-8,10H,11H2,1-2H3,(H,24,25)(H,26,27)/b6-4+. The molecule has 0 fully saturated rings. The van der Waals surface area contributed by atoms with Gasteiger partial charge in [0.15, 0.2) is 23.0 Å². The first-order valence-electron chi connectivity index (χ1n) is 9.11. The van der Waals surface area contributed by atoms with Crippen LogP contribution in [0.25, 0.3) is 17.0 Å². The first-order valence-corrected chi connectivity index (χ1v) is 9.11. The number of carboxylic acid groups (broad SMARTS) is 1. The Morgan fingerprint density at radius 2 is 1.97 bits per heavy atom. The maximum Gasteiger partial charge on any atom is 0.328 e. The lowest BCUT2D eigenvalue weighted by molar-refractivity contribution is -0.131. The molecule has 31 heavy (non-hydrogen) atoms. The van der Waals surface area contributed by atoms with Gasteiger partial charge in [0.05, 0.1) is 36.7 Å². The normalized spacial score (nSPS) is 12.0. The summed E-state index contributed by atoms with van der Waals surface area (Å²) in [6, 6.07) is 9.04. The lowest BCUT2D eigenvalue weighted by Crippen LogP contribution is -2.00. The van der Waals surface area contributed by atoms with Crippen molar-refractivity contribution in [3.05, 3.63) is 47.7 Å². The number of benzene rings is 2. The second kappa shape index (κ2) is 8.12. The molecular formula is C22H17N3O6. The minimum atomic E-state index is -1.07. The highest BCUT2D eigenvalue weighted by Crippen LogP contribution is 2.45. The molecule has 2 aromatic carbocycles. The summed E-state index contributed by atoms with van der Waals surface area (Å²) in [4.78, 5) is 15.2. The highest BCUT2D eigenvalue weighted by atomic mass is 16.7. The largest absolute Gasteiger partial charge is 0.493 e. The number of aliphatic carboxylic acids is 1. The van der Waals surface area contributed by atoms with Gasteiger partial charge in [-0.1, -0.05) is 0 Å². The number of nitrogens with zero attached hydrogens (tertiary/aromatic N) is 2. The minimum absolute atomic E-state index is 0.00480. The van der Waals surface area contributed by atoms with Gasteiger partial charge in [-0.25, -0.2) is 4.79 Å². The lowest BCUT2D eigenvalue weighted by Gasteiger charge is -2.15. The average molecular weight is 419 g/mol. The molecule has 1 aliphatic rings. The van der Waals surface area contributed by atoms with E-state index in [1.54, 1.807) is 24.3 Å². The maximum atomic E-state index is 10.8. The molecule has 0 atom stereocenters. The number of rotatable bonds is 6. The van der Waals surface area contributed by atoms with Crippen molar-refractivity contribution in [3.8, 4) is 29.1 Å². The van der Waals surface area contributed by atoms with Crippen LogP contribution < -0.4 is 24.3 Å². The Bertz CT molecular complexity index is 1260. The van der Waals surface area contributed by atoms with Crippen LogP contribution in [0.15, 0.2) is 36.5 Å². The summed E-state index contributed by atoms with van der Waals surface area (Å²) in [5.41, 5.74) is 2.56. The van der Waals surface area contributed by atoms with Gasteiger partial charge in [0.25, 0.3) is 0 Å². The number of methoxy groups -OCH3 is 2. The third-order valence-corrected chi connectivity index (χ3v) is 4.71. The van der Waals surface area contributed by atoms with Crippen LogP contribution in [0.3, 0.4) is 0 Å². The number of hydrogen-bond donors (Lipinski definition) is 2. The summed E-state index contributed by atoms with van der Waals surface area (Å²) in [6.07, 6.45) is 3.92. The van der Waals surface area contributed by atoms with E-state index in [9.17, 15) is 10.1 Å². The van der Waals surface area contributed by atoms with Crippen molar-refractivity contribution in [2.24, 2.45) is 0 Å². The van der Waals surface area contributed by atoms with Gasteiger partial charge >= 0.3 is 5.97 Å². The van der Waals surface area contributed by atoms with E-state index in [2.05, 4.69) is 16.4 Å². The first kappa shape index (κ1) is 19.8. The van der Waals surface area contributed by atoms with Crippen LogP contribution in [-0.2, 0) is 4.79 Å². The predicted octanol–water partition coefficient (Wildman–Crippen LogP) is 3.69. The quantitative estimate of drug-likeness (QED) is 0.576. The second-order valence-corrected chi connectivity index (χ2v) is 6.45. The van der Waals surface area contributed by atoms with Gasteiger partial charge in [-0.05, 0) is 24.3 Å². The van der Waals surface area contributed by atoms with Gasteiger partial charge in [0.1, 0.15) is 6.07 Å². The number of hydrogen-bond acceptors (Lipinski definition) is 8. The van der Waals surface area contributed by atoms with Crippen LogP contribution in [0, 0.1) is 11.3 Å². The maximum absolute atomic E-state index is 10.8. The number of carboxylic acids is 1. The molecule has 9 nitrogen and oxygen atoms in total. The van der Waals surface area contributed by atoms with Crippen LogP contribution in [0.2, 0.25) is 0 Å². The molecule has 0 saturated carbocycles. The molecule has 0 bridgehead atoms. The van der Waals surface area contributed by atoms with Crippen molar-refractivity contribution in [1.82, 2.24) is 4.98 Å². The van der Waals surface area contributed by atoms with Crippen LogP contribution >= 0.6 is 0 Å². The average Bonchev–Trinajstić information content (AvgIpc) is 3.28. The molecule has 1 aliphatic heterocycles. The summed E-state index contributed by atoms with van der Waals surface area (Å²) in [6.45, 7) is -0.00480. The molecule has 0 saturated heterocycles. The number of nitrogens with one attached hydrogen (secondary N) is 1. The summed E-state index contributed by atoms with van der Waals surface area (Å²) in [5, 5.41) is 22.4. The van der Waals surface area contributed by atoms with E-state index in [0.717, 1.165) is 6.08 Å². The Balaban J connectivity index is 1.84. The first-order chi connectivity index (χ1) is 15.0. The van der Waals surface area contributed by atoms with Crippen LogP contribution in [0.4, 0.5) is 11.4 Å². The minimum Gasteiger partial charge on any atom is -0.493 e. The number of aromatic nitrogens is 1. The SMILES string of the molecule is COc1cc2ncc(C#N)c(Nc3ccc(/C=C/C(=O)O)c4c3OCO4)c2cc1OC. The molecule has 3 aromatic rings. The Morgan fingerprint density at radius 1 is 1.23 bits per heavy atom. The van der Waals surface area contributed by atoms with Crippen LogP contribution in [0.1, 0.15) is 11.1 Å². The Morgan fingerprint density at radius 3 is 2.68 bits per heavy atom.